The minimum absolute atomic E-state index is 0.121. The molecule has 0 amide bonds. The summed E-state index contributed by atoms with van der Waals surface area (Å²) in [6.45, 7) is 6.60. The van der Waals surface area contributed by atoms with E-state index in [1.54, 1.807) is 0 Å². The zero-order chi connectivity index (χ0) is 12.0. The van der Waals surface area contributed by atoms with E-state index in [9.17, 15) is 5.26 Å². The maximum Gasteiger partial charge on any atom is 0.102 e. The molecule has 88 valence electrons. The Hall–Kier alpha value is -1.33. The van der Waals surface area contributed by atoms with Gasteiger partial charge in [0.1, 0.15) is 6.04 Å². The molecule has 2 fully saturated rings. The Bertz CT molecular complexity index is 458. The van der Waals surface area contributed by atoms with Crippen molar-refractivity contribution in [2.24, 2.45) is 17.3 Å². The quantitative estimate of drug-likeness (QED) is 0.775. The molecule has 2 heteroatoms. The van der Waals surface area contributed by atoms with Gasteiger partial charge in [0.15, 0.2) is 0 Å². The van der Waals surface area contributed by atoms with Gasteiger partial charge in [-0.1, -0.05) is 44.2 Å². The molecule has 0 radical (unpaired) electrons. The Morgan fingerprint density at radius 3 is 2.71 bits per heavy atom. The molecule has 2 aliphatic rings. The Morgan fingerprint density at radius 2 is 2.06 bits per heavy atom. The first-order valence-electron chi connectivity index (χ1n) is 6.32. The number of piperidine rings is 1. The first-order chi connectivity index (χ1) is 8.14. The standard InChI is InChI=1S/C15H18N2/c1-15(2)12-10-17(13(8-16)14(12)15)9-11-6-4-3-5-7-11/h3-7,12-14H,9-10H2,1-2H3/t12-,13+,14-/m0/s1. The van der Waals surface area contributed by atoms with Crippen LogP contribution >= 0.6 is 0 Å². The molecule has 1 aliphatic heterocycles. The number of fused-ring (bicyclic) bond motifs is 1. The van der Waals surface area contributed by atoms with E-state index in [2.05, 4.69) is 49.1 Å². The zero-order valence-electron chi connectivity index (χ0n) is 10.4. The first-order valence-corrected chi connectivity index (χ1v) is 6.32. The van der Waals surface area contributed by atoms with Gasteiger partial charge in [0, 0.05) is 13.1 Å². The third-order valence-corrected chi connectivity index (χ3v) is 4.66. The molecule has 3 rings (SSSR count). The highest BCUT2D eigenvalue weighted by atomic mass is 15.2. The van der Waals surface area contributed by atoms with E-state index in [1.807, 2.05) is 6.07 Å². The molecule has 1 heterocycles. The summed E-state index contributed by atoms with van der Waals surface area (Å²) in [5.74, 6) is 1.33. The molecule has 1 aromatic rings. The van der Waals surface area contributed by atoms with Gasteiger partial charge in [-0.3, -0.25) is 4.90 Å². The summed E-state index contributed by atoms with van der Waals surface area (Å²) in [7, 11) is 0. The lowest BCUT2D eigenvalue weighted by Crippen LogP contribution is -2.34. The second-order valence-electron chi connectivity index (χ2n) is 5.94. The maximum absolute atomic E-state index is 9.35. The van der Waals surface area contributed by atoms with Gasteiger partial charge >= 0.3 is 0 Å². The fraction of sp³-hybridized carbons (Fsp3) is 0.533. The lowest BCUT2D eigenvalue weighted by molar-refractivity contribution is 0.210. The van der Waals surface area contributed by atoms with Crippen LogP contribution in [-0.4, -0.2) is 17.5 Å². The van der Waals surface area contributed by atoms with Crippen LogP contribution in [0.15, 0.2) is 30.3 Å². The van der Waals surface area contributed by atoms with Gasteiger partial charge in [-0.2, -0.15) is 5.26 Å². The smallest absolute Gasteiger partial charge is 0.102 e. The van der Waals surface area contributed by atoms with Crippen LogP contribution in [0.25, 0.3) is 0 Å². The number of hydrogen-bond acceptors (Lipinski definition) is 2. The van der Waals surface area contributed by atoms with Crippen LogP contribution in [0.5, 0.6) is 0 Å². The second-order valence-corrected chi connectivity index (χ2v) is 5.94. The van der Waals surface area contributed by atoms with E-state index < -0.39 is 0 Å². The van der Waals surface area contributed by atoms with E-state index in [0.717, 1.165) is 19.0 Å². The van der Waals surface area contributed by atoms with Crippen molar-refractivity contribution < 1.29 is 0 Å². The molecule has 17 heavy (non-hydrogen) atoms. The average Bonchev–Trinajstić information content (AvgIpc) is 2.72. The minimum Gasteiger partial charge on any atom is -0.283 e. The van der Waals surface area contributed by atoms with Gasteiger partial charge in [-0.05, 0) is 22.8 Å². The van der Waals surface area contributed by atoms with Gasteiger partial charge in [-0.15, -0.1) is 0 Å². The molecule has 1 saturated carbocycles. The van der Waals surface area contributed by atoms with E-state index in [0.29, 0.717) is 11.3 Å². The van der Waals surface area contributed by atoms with Crippen LogP contribution in [0.2, 0.25) is 0 Å². The Labute approximate surface area is 103 Å². The summed E-state index contributed by atoms with van der Waals surface area (Å²) >= 11 is 0. The minimum atomic E-state index is 0.121. The normalized spacial score (nSPS) is 34.1. The lowest BCUT2D eigenvalue weighted by Gasteiger charge is -2.26. The van der Waals surface area contributed by atoms with Crippen molar-refractivity contribution in [3.63, 3.8) is 0 Å². The van der Waals surface area contributed by atoms with Gasteiger partial charge < -0.3 is 0 Å². The fourth-order valence-electron chi connectivity index (χ4n) is 3.50. The van der Waals surface area contributed by atoms with Gasteiger partial charge in [0.2, 0.25) is 0 Å². The SMILES string of the molecule is CC1(C)[C@@H]2[C@@H](C#N)N(Cc3ccccc3)C[C@@H]21. The lowest BCUT2D eigenvalue weighted by atomic mass is 10.0. The van der Waals surface area contributed by atoms with Gasteiger partial charge in [0.05, 0.1) is 6.07 Å². The molecular weight excluding hydrogens is 208 g/mol. The van der Waals surface area contributed by atoms with Crippen molar-refractivity contribution in [3.05, 3.63) is 35.9 Å². The van der Waals surface area contributed by atoms with Crippen LogP contribution in [0, 0.1) is 28.6 Å². The molecular formula is C15H18N2. The number of rotatable bonds is 2. The Kier molecular flexibility index (Phi) is 2.27. The number of hydrogen-bond donors (Lipinski definition) is 0. The summed E-state index contributed by atoms with van der Waals surface area (Å²) in [5.41, 5.74) is 1.71. The van der Waals surface area contributed by atoms with Crippen LogP contribution in [-0.2, 0) is 6.54 Å². The van der Waals surface area contributed by atoms with Gasteiger partial charge in [-0.25, -0.2) is 0 Å². The summed E-state index contributed by atoms with van der Waals surface area (Å²) in [6, 6.07) is 13.1. The Morgan fingerprint density at radius 1 is 1.35 bits per heavy atom. The molecule has 2 nitrogen and oxygen atoms in total. The molecule has 1 aliphatic carbocycles. The third kappa shape index (κ3) is 1.57. The first kappa shape index (κ1) is 10.8. The van der Waals surface area contributed by atoms with Crippen LogP contribution in [0.1, 0.15) is 19.4 Å². The predicted octanol–water partition coefficient (Wildman–Crippen LogP) is 2.67. The van der Waals surface area contributed by atoms with Crippen molar-refractivity contribution in [3.8, 4) is 6.07 Å². The molecule has 0 spiro atoms. The number of nitrogens with zero attached hydrogens (tertiary/aromatic N) is 2. The van der Waals surface area contributed by atoms with Crippen molar-refractivity contribution in [1.29, 1.82) is 5.26 Å². The Balaban J connectivity index is 1.73. The second kappa shape index (κ2) is 3.58. The summed E-state index contributed by atoms with van der Waals surface area (Å²) < 4.78 is 0. The average molecular weight is 226 g/mol. The fourth-order valence-corrected chi connectivity index (χ4v) is 3.50. The third-order valence-electron chi connectivity index (χ3n) is 4.66. The number of benzene rings is 1. The highest BCUT2D eigenvalue weighted by Gasteiger charge is 2.66. The van der Waals surface area contributed by atoms with Crippen molar-refractivity contribution >= 4 is 0 Å². The highest BCUT2D eigenvalue weighted by Crippen LogP contribution is 2.64. The number of nitriles is 1. The molecule has 0 N–H and O–H groups in total. The van der Waals surface area contributed by atoms with Crippen LogP contribution in [0.3, 0.4) is 0 Å². The summed E-state index contributed by atoms with van der Waals surface area (Å²) in [4.78, 5) is 2.34. The molecule has 0 bridgehead atoms. The number of likely N-dealkylation sites (tertiary alicyclic amines) is 1. The maximum atomic E-state index is 9.35. The molecule has 1 saturated heterocycles. The van der Waals surface area contributed by atoms with E-state index >= 15 is 0 Å². The molecule has 1 aromatic carbocycles. The zero-order valence-corrected chi connectivity index (χ0v) is 10.4. The monoisotopic (exact) mass is 226 g/mol. The van der Waals surface area contributed by atoms with Crippen LogP contribution in [0.4, 0.5) is 0 Å². The van der Waals surface area contributed by atoms with Crippen LogP contribution < -0.4 is 0 Å². The van der Waals surface area contributed by atoms with E-state index in [4.69, 9.17) is 0 Å². The van der Waals surface area contributed by atoms with Crippen molar-refractivity contribution in [1.82, 2.24) is 4.90 Å². The topological polar surface area (TPSA) is 27.0 Å². The largest absolute Gasteiger partial charge is 0.283 e. The predicted molar refractivity (Wildman–Crippen MR) is 67.0 cm³/mol. The van der Waals surface area contributed by atoms with E-state index in [-0.39, 0.29) is 6.04 Å². The molecule has 0 unspecified atom stereocenters. The van der Waals surface area contributed by atoms with Gasteiger partial charge in [0.25, 0.3) is 0 Å². The van der Waals surface area contributed by atoms with Crippen molar-refractivity contribution in [2.45, 2.75) is 26.4 Å². The molecule has 0 aromatic heterocycles. The summed E-state index contributed by atoms with van der Waals surface area (Å²) in [5, 5.41) is 9.35. The summed E-state index contributed by atoms with van der Waals surface area (Å²) in [6.07, 6.45) is 0. The van der Waals surface area contributed by atoms with Crippen molar-refractivity contribution in [2.75, 3.05) is 6.54 Å². The molecule has 3 atom stereocenters. The van der Waals surface area contributed by atoms with E-state index in [1.165, 1.54) is 5.56 Å². The highest BCUT2D eigenvalue weighted by molar-refractivity contribution is 5.23.